The number of aryl methyl sites for hydroxylation is 1. The minimum atomic E-state index is 0.606. The lowest BCUT2D eigenvalue weighted by atomic mass is 9.63. The molecule has 0 nitrogen and oxygen atoms in total. The van der Waals surface area contributed by atoms with Crippen molar-refractivity contribution in [1.29, 1.82) is 0 Å². The van der Waals surface area contributed by atoms with Crippen molar-refractivity contribution in [3.63, 3.8) is 0 Å². The summed E-state index contributed by atoms with van der Waals surface area (Å²) in [5.41, 5.74) is 8.08. The van der Waals surface area contributed by atoms with Crippen LogP contribution in [0.4, 0.5) is 0 Å². The van der Waals surface area contributed by atoms with E-state index in [9.17, 15) is 0 Å². The molecule has 2 rings (SSSR count). The van der Waals surface area contributed by atoms with E-state index in [1.807, 2.05) is 0 Å². The highest BCUT2D eigenvalue weighted by Gasteiger charge is 2.36. The van der Waals surface area contributed by atoms with Gasteiger partial charge in [-0.3, -0.25) is 0 Å². The summed E-state index contributed by atoms with van der Waals surface area (Å²) in [4.78, 5) is 0. The van der Waals surface area contributed by atoms with Crippen molar-refractivity contribution in [3.05, 3.63) is 33.9 Å². The molecule has 0 radical (unpaired) electrons. The van der Waals surface area contributed by atoms with E-state index < -0.39 is 0 Å². The first-order chi connectivity index (χ1) is 11.1. The predicted molar refractivity (Wildman–Crippen MR) is 108 cm³/mol. The highest BCUT2D eigenvalue weighted by molar-refractivity contribution is 5.50. The van der Waals surface area contributed by atoms with Gasteiger partial charge in [-0.2, -0.15) is 0 Å². The third-order valence-electron chi connectivity index (χ3n) is 7.36. The van der Waals surface area contributed by atoms with Crippen molar-refractivity contribution in [2.75, 3.05) is 0 Å². The van der Waals surface area contributed by atoms with Gasteiger partial charge in [-0.25, -0.2) is 0 Å². The molecule has 136 valence electrons. The maximum absolute atomic E-state index is 2.50. The first kappa shape index (κ1) is 19.5. The molecular weight excluding hydrogens is 288 g/mol. The van der Waals surface area contributed by atoms with Gasteiger partial charge in [0.1, 0.15) is 0 Å². The van der Waals surface area contributed by atoms with Crippen LogP contribution < -0.4 is 0 Å². The number of hydrogen-bond acceptors (Lipinski definition) is 0. The lowest BCUT2D eigenvalue weighted by molar-refractivity contribution is 0.206. The lowest BCUT2D eigenvalue weighted by Crippen LogP contribution is -2.30. The molecular formula is C24H40. The maximum Gasteiger partial charge on any atom is -0.0130 e. The van der Waals surface area contributed by atoms with Gasteiger partial charge >= 0.3 is 0 Å². The third kappa shape index (κ3) is 3.31. The topological polar surface area (TPSA) is 0 Å². The zero-order chi connectivity index (χ0) is 18.3. The zero-order valence-electron chi connectivity index (χ0n) is 17.8. The van der Waals surface area contributed by atoms with Crippen molar-refractivity contribution in [2.24, 2.45) is 23.7 Å². The summed E-state index contributed by atoms with van der Waals surface area (Å²) in [5.74, 6) is 4.99. The normalized spacial score (nSPS) is 31.1. The molecule has 0 amide bonds. The van der Waals surface area contributed by atoms with E-state index in [0.29, 0.717) is 23.7 Å². The Kier molecular flexibility index (Phi) is 5.88. The van der Waals surface area contributed by atoms with E-state index in [0.717, 1.165) is 17.8 Å². The molecule has 1 aliphatic rings. The fourth-order valence-corrected chi connectivity index (χ4v) is 5.04. The van der Waals surface area contributed by atoms with E-state index in [-0.39, 0.29) is 0 Å². The van der Waals surface area contributed by atoms with Crippen LogP contribution in [-0.4, -0.2) is 0 Å². The Labute approximate surface area is 151 Å². The number of benzene rings is 1. The van der Waals surface area contributed by atoms with Gasteiger partial charge in [0.15, 0.2) is 0 Å². The number of hydrogen-bond donors (Lipinski definition) is 0. The predicted octanol–water partition coefficient (Wildman–Crippen LogP) is 7.58. The monoisotopic (exact) mass is 328 g/mol. The van der Waals surface area contributed by atoms with Crippen LogP contribution in [-0.2, 0) is 0 Å². The van der Waals surface area contributed by atoms with Gasteiger partial charge < -0.3 is 0 Å². The maximum atomic E-state index is 2.50. The molecule has 0 aromatic heterocycles. The largest absolute Gasteiger partial charge is 0.0622 e. The molecule has 0 bridgehead atoms. The van der Waals surface area contributed by atoms with Crippen LogP contribution in [0.25, 0.3) is 0 Å². The van der Waals surface area contributed by atoms with Crippen LogP contribution in [0.3, 0.4) is 0 Å². The van der Waals surface area contributed by atoms with Gasteiger partial charge in [0.05, 0.1) is 0 Å². The van der Waals surface area contributed by atoms with Crippen molar-refractivity contribution >= 4 is 0 Å². The fourth-order valence-electron chi connectivity index (χ4n) is 5.04. The SMILES string of the molecule is Cc1cc(C(C)C)c2c(c1C)[C@@H](C)[C@@H](C)[C@@H](C)[C@@H](C)CC2C(C)C. The van der Waals surface area contributed by atoms with Gasteiger partial charge in [0.25, 0.3) is 0 Å². The quantitative estimate of drug-likeness (QED) is 0.525. The summed E-state index contributed by atoms with van der Waals surface area (Å²) in [5, 5.41) is 0. The zero-order valence-corrected chi connectivity index (χ0v) is 17.8. The molecule has 0 N–H and O–H groups in total. The molecule has 0 saturated carbocycles. The van der Waals surface area contributed by atoms with E-state index in [1.165, 1.54) is 12.0 Å². The number of rotatable bonds is 2. The van der Waals surface area contributed by atoms with Crippen LogP contribution in [0.5, 0.6) is 0 Å². The summed E-state index contributed by atoms with van der Waals surface area (Å²) in [6, 6.07) is 2.50. The Morgan fingerprint density at radius 1 is 0.875 bits per heavy atom. The minimum Gasteiger partial charge on any atom is -0.0622 e. The third-order valence-corrected chi connectivity index (χ3v) is 7.36. The molecule has 1 aliphatic carbocycles. The molecule has 1 aromatic rings. The second kappa shape index (κ2) is 7.22. The van der Waals surface area contributed by atoms with E-state index in [4.69, 9.17) is 0 Å². The Morgan fingerprint density at radius 3 is 1.96 bits per heavy atom. The molecule has 5 atom stereocenters. The number of fused-ring (bicyclic) bond motifs is 1. The van der Waals surface area contributed by atoms with Gasteiger partial charge in [-0.05, 0) is 89.5 Å². The van der Waals surface area contributed by atoms with Gasteiger partial charge in [0, 0.05) is 0 Å². The fraction of sp³-hybridized carbons (Fsp3) is 0.750. The van der Waals surface area contributed by atoms with Gasteiger partial charge in [-0.15, -0.1) is 0 Å². The van der Waals surface area contributed by atoms with Crippen LogP contribution in [0.1, 0.15) is 107 Å². The Hall–Kier alpha value is -0.780. The Balaban J connectivity index is 2.83. The van der Waals surface area contributed by atoms with Crippen LogP contribution in [0.2, 0.25) is 0 Å². The molecule has 1 aromatic carbocycles. The molecule has 0 heterocycles. The summed E-state index contributed by atoms with van der Waals surface area (Å²) in [6.07, 6.45) is 1.34. The van der Waals surface area contributed by atoms with Crippen molar-refractivity contribution in [3.8, 4) is 0 Å². The van der Waals surface area contributed by atoms with Crippen LogP contribution >= 0.6 is 0 Å². The standard InChI is InChI=1S/C24H40/c1-13(2)21-11-15(5)17(7)19(9)20(10)23-18(8)16(6)12-22(14(3)4)24(21)23/h12-15,17,19-21H,11H2,1-10H3/t15-,17-,19-,20-,21?/m0/s1. The molecule has 0 spiro atoms. The molecule has 0 fully saturated rings. The molecule has 1 unspecified atom stereocenters. The molecule has 0 heteroatoms. The van der Waals surface area contributed by atoms with Crippen molar-refractivity contribution in [2.45, 2.75) is 93.4 Å². The van der Waals surface area contributed by atoms with Crippen LogP contribution in [0, 0.1) is 37.5 Å². The van der Waals surface area contributed by atoms with Gasteiger partial charge in [-0.1, -0.05) is 61.5 Å². The summed E-state index contributed by atoms with van der Waals surface area (Å²) in [6.45, 7) is 24.3. The Morgan fingerprint density at radius 2 is 1.46 bits per heavy atom. The summed E-state index contributed by atoms with van der Waals surface area (Å²) >= 11 is 0. The summed E-state index contributed by atoms with van der Waals surface area (Å²) < 4.78 is 0. The highest BCUT2D eigenvalue weighted by atomic mass is 14.4. The average Bonchev–Trinajstić information content (AvgIpc) is 2.51. The van der Waals surface area contributed by atoms with E-state index >= 15 is 0 Å². The molecule has 24 heavy (non-hydrogen) atoms. The minimum absolute atomic E-state index is 0.606. The second-order valence-electron chi connectivity index (χ2n) is 9.46. The average molecular weight is 329 g/mol. The Bertz CT molecular complexity index is 578. The summed E-state index contributed by atoms with van der Waals surface area (Å²) in [7, 11) is 0. The first-order valence-electron chi connectivity index (χ1n) is 10.2. The first-order valence-corrected chi connectivity index (χ1v) is 10.2. The molecule has 0 aliphatic heterocycles. The highest BCUT2D eigenvalue weighted by Crippen LogP contribution is 2.49. The second-order valence-corrected chi connectivity index (χ2v) is 9.46. The van der Waals surface area contributed by atoms with Crippen molar-refractivity contribution in [1.82, 2.24) is 0 Å². The van der Waals surface area contributed by atoms with Crippen LogP contribution in [0.15, 0.2) is 6.07 Å². The lowest BCUT2D eigenvalue weighted by Gasteiger charge is -2.41. The van der Waals surface area contributed by atoms with E-state index in [2.05, 4.69) is 75.3 Å². The van der Waals surface area contributed by atoms with Crippen molar-refractivity contribution < 1.29 is 0 Å². The smallest absolute Gasteiger partial charge is 0.0130 e. The van der Waals surface area contributed by atoms with E-state index in [1.54, 1.807) is 22.3 Å². The van der Waals surface area contributed by atoms with Gasteiger partial charge in [0.2, 0.25) is 0 Å². The molecule has 0 saturated heterocycles.